The molecule has 0 saturated heterocycles. The van der Waals surface area contributed by atoms with E-state index in [2.05, 4.69) is 27.6 Å². The number of aromatic nitrogens is 1. The molecule has 0 atom stereocenters. The van der Waals surface area contributed by atoms with Crippen LogP contribution in [-0.4, -0.2) is 12.1 Å². The molecule has 2 rings (SSSR count). The van der Waals surface area contributed by atoms with Crippen molar-refractivity contribution in [1.29, 1.82) is 0 Å². The highest BCUT2D eigenvalue weighted by Crippen LogP contribution is 2.22. The maximum atomic E-state index is 5.61. The fourth-order valence-electron chi connectivity index (χ4n) is 1.22. The number of hydrogen-bond donors (Lipinski definition) is 0. The number of ether oxygens (including phenoxy) is 2. The lowest BCUT2D eigenvalue weighted by molar-refractivity contribution is 0.383. The van der Waals surface area contributed by atoms with Crippen LogP contribution in [0, 0.1) is 3.57 Å². The summed E-state index contributed by atoms with van der Waals surface area (Å²) >= 11 is 2.24. The average Bonchev–Trinajstić information content (AvgIpc) is 2.29. The molecule has 1 heterocycles. The minimum atomic E-state index is 0.529. The van der Waals surface area contributed by atoms with E-state index >= 15 is 0 Å². The Bertz CT molecular complexity index is 488. The van der Waals surface area contributed by atoms with Crippen molar-refractivity contribution in [2.24, 2.45) is 0 Å². The van der Waals surface area contributed by atoms with Crippen molar-refractivity contribution in [1.82, 2.24) is 4.98 Å². The van der Waals surface area contributed by atoms with Gasteiger partial charge in [0.25, 0.3) is 0 Å². The molecule has 0 spiro atoms. The van der Waals surface area contributed by atoms with Crippen molar-refractivity contribution < 1.29 is 9.47 Å². The number of benzene rings is 1. The number of pyridine rings is 1. The van der Waals surface area contributed by atoms with E-state index in [1.54, 1.807) is 19.2 Å². The molecule has 4 heteroatoms. The van der Waals surface area contributed by atoms with Crippen LogP contribution in [0.2, 0.25) is 0 Å². The SMILES string of the molecule is COc1cccc(Oc2cccc(I)c2)n1. The molecular formula is C12H10INO2. The first kappa shape index (κ1) is 11.2. The van der Waals surface area contributed by atoms with Crippen LogP contribution in [0.25, 0.3) is 0 Å². The van der Waals surface area contributed by atoms with Crippen LogP contribution in [0.1, 0.15) is 0 Å². The van der Waals surface area contributed by atoms with Crippen LogP contribution in [0.15, 0.2) is 42.5 Å². The molecule has 82 valence electrons. The van der Waals surface area contributed by atoms with Crippen LogP contribution in [0.3, 0.4) is 0 Å². The summed E-state index contributed by atoms with van der Waals surface area (Å²) in [6.45, 7) is 0. The Hall–Kier alpha value is -1.30. The Labute approximate surface area is 108 Å². The van der Waals surface area contributed by atoms with Gasteiger partial charge in [0.2, 0.25) is 11.8 Å². The Balaban J connectivity index is 2.20. The predicted molar refractivity (Wildman–Crippen MR) is 70.0 cm³/mol. The van der Waals surface area contributed by atoms with Crippen molar-refractivity contribution in [2.75, 3.05) is 7.11 Å². The first-order valence-electron chi connectivity index (χ1n) is 4.72. The molecule has 0 aliphatic carbocycles. The van der Waals surface area contributed by atoms with Gasteiger partial charge >= 0.3 is 0 Å². The van der Waals surface area contributed by atoms with E-state index in [9.17, 15) is 0 Å². The second-order valence-corrected chi connectivity index (χ2v) is 4.32. The van der Waals surface area contributed by atoms with Gasteiger partial charge in [0.15, 0.2) is 0 Å². The minimum absolute atomic E-state index is 0.529. The van der Waals surface area contributed by atoms with E-state index < -0.39 is 0 Å². The van der Waals surface area contributed by atoms with E-state index in [-0.39, 0.29) is 0 Å². The second-order valence-electron chi connectivity index (χ2n) is 3.08. The van der Waals surface area contributed by atoms with Gasteiger partial charge in [0.1, 0.15) is 5.75 Å². The lowest BCUT2D eigenvalue weighted by Crippen LogP contribution is -1.91. The minimum Gasteiger partial charge on any atom is -0.481 e. The first-order chi connectivity index (χ1) is 7.78. The fourth-order valence-corrected chi connectivity index (χ4v) is 1.73. The normalized spacial score (nSPS) is 9.88. The maximum Gasteiger partial charge on any atom is 0.222 e. The first-order valence-corrected chi connectivity index (χ1v) is 5.80. The van der Waals surface area contributed by atoms with Crippen LogP contribution < -0.4 is 9.47 Å². The summed E-state index contributed by atoms with van der Waals surface area (Å²) in [5.41, 5.74) is 0. The van der Waals surface area contributed by atoms with Gasteiger partial charge in [0, 0.05) is 15.7 Å². The Kier molecular flexibility index (Phi) is 3.61. The summed E-state index contributed by atoms with van der Waals surface area (Å²) in [5.74, 6) is 1.84. The largest absolute Gasteiger partial charge is 0.481 e. The van der Waals surface area contributed by atoms with Crippen molar-refractivity contribution in [3.63, 3.8) is 0 Å². The molecule has 1 aromatic carbocycles. The van der Waals surface area contributed by atoms with E-state index in [1.165, 1.54) is 0 Å². The highest BCUT2D eigenvalue weighted by atomic mass is 127. The van der Waals surface area contributed by atoms with E-state index in [4.69, 9.17) is 9.47 Å². The molecule has 2 aromatic rings. The number of rotatable bonds is 3. The molecule has 0 N–H and O–H groups in total. The molecule has 0 saturated carbocycles. The third-order valence-corrected chi connectivity index (χ3v) is 2.60. The Morgan fingerprint density at radius 2 is 1.81 bits per heavy atom. The van der Waals surface area contributed by atoms with Gasteiger partial charge in [0.05, 0.1) is 7.11 Å². The second kappa shape index (κ2) is 5.16. The van der Waals surface area contributed by atoms with Crippen molar-refractivity contribution in [3.8, 4) is 17.5 Å². The van der Waals surface area contributed by atoms with Gasteiger partial charge in [-0.25, -0.2) is 0 Å². The topological polar surface area (TPSA) is 31.4 Å². The quantitative estimate of drug-likeness (QED) is 0.809. The molecule has 1 aromatic heterocycles. The fraction of sp³-hybridized carbons (Fsp3) is 0.0833. The standard InChI is InChI=1S/C12H10INO2/c1-15-11-6-3-7-12(14-11)16-10-5-2-4-9(13)8-10/h2-8H,1H3. The smallest absolute Gasteiger partial charge is 0.222 e. The molecule has 0 unspecified atom stereocenters. The zero-order valence-corrected chi connectivity index (χ0v) is 10.8. The van der Waals surface area contributed by atoms with Crippen LogP contribution in [0.4, 0.5) is 0 Å². The summed E-state index contributed by atoms with van der Waals surface area (Å²) in [7, 11) is 1.58. The average molecular weight is 327 g/mol. The molecular weight excluding hydrogens is 317 g/mol. The van der Waals surface area contributed by atoms with E-state index in [1.807, 2.05) is 30.3 Å². The lowest BCUT2D eigenvalue weighted by Gasteiger charge is -2.05. The number of methoxy groups -OCH3 is 1. The summed E-state index contributed by atoms with van der Waals surface area (Å²) in [4.78, 5) is 4.17. The van der Waals surface area contributed by atoms with E-state index in [0.717, 1.165) is 9.32 Å². The summed E-state index contributed by atoms with van der Waals surface area (Å²) in [5, 5.41) is 0. The van der Waals surface area contributed by atoms with Crippen molar-refractivity contribution in [2.45, 2.75) is 0 Å². The molecule has 0 amide bonds. The molecule has 0 aliphatic heterocycles. The molecule has 0 fully saturated rings. The third-order valence-electron chi connectivity index (χ3n) is 1.93. The van der Waals surface area contributed by atoms with Gasteiger partial charge in [-0.3, -0.25) is 0 Å². The number of halogens is 1. The molecule has 0 bridgehead atoms. The molecule has 3 nitrogen and oxygen atoms in total. The zero-order chi connectivity index (χ0) is 11.4. The summed E-state index contributed by atoms with van der Waals surface area (Å²) in [6, 6.07) is 13.2. The van der Waals surface area contributed by atoms with Crippen molar-refractivity contribution >= 4 is 22.6 Å². The van der Waals surface area contributed by atoms with Gasteiger partial charge in [-0.1, -0.05) is 12.1 Å². The van der Waals surface area contributed by atoms with Crippen LogP contribution in [-0.2, 0) is 0 Å². The van der Waals surface area contributed by atoms with E-state index in [0.29, 0.717) is 11.8 Å². The van der Waals surface area contributed by atoms with Crippen molar-refractivity contribution in [3.05, 3.63) is 46.0 Å². The van der Waals surface area contributed by atoms with Gasteiger partial charge in [-0.2, -0.15) is 4.98 Å². The van der Waals surface area contributed by atoms with Gasteiger partial charge < -0.3 is 9.47 Å². The van der Waals surface area contributed by atoms with Crippen LogP contribution in [0.5, 0.6) is 17.5 Å². The number of hydrogen-bond acceptors (Lipinski definition) is 3. The molecule has 16 heavy (non-hydrogen) atoms. The highest BCUT2D eigenvalue weighted by molar-refractivity contribution is 14.1. The lowest BCUT2D eigenvalue weighted by atomic mass is 10.3. The van der Waals surface area contributed by atoms with Crippen LogP contribution >= 0.6 is 22.6 Å². The summed E-state index contributed by atoms with van der Waals surface area (Å²) in [6.07, 6.45) is 0. The molecule has 0 aliphatic rings. The summed E-state index contributed by atoms with van der Waals surface area (Å²) < 4.78 is 11.8. The monoisotopic (exact) mass is 327 g/mol. The third kappa shape index (κ3) is 2.85. The zero-order valence-electron chi connectivity index (χ0n) is 8.68. The Morgan fingerprint density at radius 3 is 2.56 bits per heavy atom. The maximum absolute atomic E-state index is 5.61. The highest BCUT2D eigenvalue weighted by Gasteiger charge is 2.00. The number of nitrogens with zero attached hydrogens (tertiary/aromatic N) is 1. The predicted octanol–water partition coefficient (Wildman–Crippen LogP) is 3.49. The molecule has 0 radical (unpaired) electrons. The van der Waals surface area contributed by atoms with Gasteiger partial charge in [-0.15, -0.1) is 0 Å². The Morgan fingerprint density at radius 1 is 1.06 bits per heavy atom. The van der Waals surface area contributed by atoms with Gasteiger partial charge in [-0.05, 0) is 40.8 Å².